The van der Waals surface area contributed by atoms with E-state index in [9.17, 15) is 35.4 Å². The molecule has 3 rings (SSSR count). The summed E-state index contributed by atoms with van der Waals surface area (Å²) in [5.74, 6) is -0.523. The Hall–Kier alpha value is -3.01. The minimum atomic E-state index is -1.13. The van der Waals surface area contributed by atoms with Crippen LogP contribution < -0.4 is 5.32 Å². The van der Waals surface area contributed by atoms with Crippen LogP contribution in [0.2, 0.25) is 0 Å². The Bertz CT molecular complexity index is 1320. The van der Waals surface area contributed by atoms with Crippen LogP contribution in [0.5, 0.6) is 5.75 Å². The highest BCUT2D eigenvalue weighted by atomic mass is 16.4. The summed E-state index contributed by atoms with van der Waals surface area (Å²) in [6.07, 6.45) is 13.1. The minimum Gasteiger partial charge on any atom is -0.508 e. The predicted molar refractivity (Wildman–Crippen MR) is 196 cm³/mol. The molecule has 0 spiro atoms. The van der Waals surface area contributed by atoms with E-state index in [0.29, 0.717) is 25.7 Å². The Morgan fingerprint density at radius 2 is 1.69 bits per heavy atom. The van der Waals surface area contributed by atoms with Crippen LogP contribution in [0.1, 0.15) is 108 Å². The summed E-state index contributed by atoms with van der Waals surface area (Å²) in [6, 6.07) is 15.1. The van der Waals surface area contributed by atoms with Gasteiger partial charge < -0.3 is 36.0 Å². The minimum absolute atomic E-state index is 0.0965. The number of carboxylic acid groups (broad SMARTS) is 1. The molecule has 2 aromatic rings. The molecule has 0 aromatic heterocycles. The average molecular weight is 680 g/mol. The molecule has 0 amide bonds. The SMILES string of the molecule is CCCCCC(O)C=CC1=C(CC(O)CO)C(NCC(C)(O)Cc2ccc(O)cc2)C(CCCCCC(=O)O)CCc2ccccc2CC1. The first-order valence-corrected chi connectivity index (χ1v) is 18.4. The van der Waals surface area contributed by atoms with Crippen molar-refractivity contribution in [1.82, 2.24) is 5.32 Å². The van der Waals surface area contributed by atoms with Crippen LogP contribution in [0, 0.1) is 5.92 Å². The number of aliphatic hydroxyl groups excluding tert-OH is 3. The monoisotopic (exact) mass is 679 g/mol. The number of nitrogens with one attached hydrogen (secondary N) is 1. The molecule has 8 heteroatoms. The lowest BCUT2D eigenvalue weighted by Gasteiger charge is -2.36. The van der Waals surface area contributed by atoms with E-state index < -0.39 is 23.8 Å². The largest absolute Gasteiger partial charge is 0.508 e. The molecule has 1 aliphatic rings. The lowest BCUT2D eigenvalue weighted by molar-refractivity contribution is -0.137. The molecule has 0 heterocycles. The Kier molecular flexibility index (Phi) is 17.5. The van der Waals surface area contributed by atoms with Gasteiger partial charge in [-0.2, -0.15) is 0 Å². The highest BCUT2D eigenvalue weighted by molar-refractivity contribution is 5.66. The van der Waals surface area contributed by atoms with Gasteiger partial charge in [-0.3, -0.25) is 4.79 Å². The zero-order chi connectivity index (χ0) is 35.6. The van der Waals surface area contributed by atoms with Gasteiger partial charge in [0.2, 0.25) is 0 Å². The lowest BCUT2D eigenvalue weighted by Crippen LogP contribution is -2.48. The van der Waals surface area contributed by atoms with E-state index in [1.807, 2.05) is 24.3 Å². The zero-order valence-corrected chi connectivity index (χ0v) is 29.7. The smallest absolute Gasteiger partial charge is 0.303 e. The fourth-order valence-corrected chi connectivity index (χ4v) is 7.07. The zero-order valence-electron chi connectivity index (χ0n) is 29.7. The molecule has 8 nitrogen and oxygen atoms in total. The van der Waals surface area contributed by atoms with Crippen LogP contribution in [0.4, 0.5) is 0 Å². The lowest BCUT2D eigenvalue weighted by atomic mass is 9.77. The molecule has 5 atom stereocenters. The number of carboxylic acids is 1. The second-order valence-corrected chi connectivity index (χ2v) is 14.3. The number of unbranched alkanes of at least 4 members (excludes halogenated alkanes) is 4. The van der Waals surface area contributed by atoms with Crippen molar-refractivity contribution in [3.63, 3.8) is 0 Å². The summed E-state index contributed by atoms with van der Waals surface area (Å²) in [7, 11) is 0. The van der Waals surface area contributed by atoms with Gasteiger partial charge in [-0.25, -0.2) is 0 Å². The fraction of sp³-hybridized carbons (Fsp3) is 0.585. The number of phenolic OH excluding ortho intramolecular Hbond substituents is 1. The predicted octanol–water partition coefficient (Wildman–Crippen LogP) is 6.41. The van der Waals surface area contributed by atoms with Crippen molar-refractivity contribution in [1.29, 1.82) is 0 Å². The van der Waals surface area contributed by atoms with Gasteiger partial charge in [-0.05, 0) is 104 Å². The first-order valence-electron chi connectivity index (χ1n) is 18.4. The molecule has 0 aliphatic heterocycles. The van der Waals surface area contributed by atoms with Crippen molar-refractivity contribution in [2.24, 2.45) is 5.92 Å². The van der Waals surface area contributed by atoms with E-state index >= 15 is 0 Å². The number of aryl methyl sites for hydroxylation is 2. The highest BCUT2D eigenvalue weighted by Gasteiger charge is 2.31. The first-order chi connectivity index (χ1) is 23.5. The molecule has 0 saturated carbocycles. The van der Waals surface area contributed by atoms with Crippen molar-refractivity contribution >= 4 is 5.97 Å². The van der Waals surface area contributed by atoms with Crippen molar-refractivity contribution in [3.8, 4) is 5.75 Å². The topological polar surface area (TPSA) is 150 Å². The average Bonchev–Trinajstić information content (AvgIpc) is 3.07. The number of hydrogen-bond acceptors (Lipinski definition) is 7. The molecule has 7 N–H and O–H groups in total. The van der Waals surface area contributed by atoms with Gasteiger partial charge in [0.05, 0.1) is 24.4 Å². The van der Waals surface area contributed by atoms with Crippen LogP contribution in [0.3, 0.4) is 0 Å². The number of rotatable bonds is 20. The van der Waals surface area contributed by atoms with Crippen LogP contribution in [0.25, 0.3) is 0 Å². The van der Waals surface area contributed by atoms with E-state index in [1.165, 1.54) is 11.1 Å². The third kappa shape index (κ3) is 14.8. The maximum absolute atomic E-state index is 11.6. The summed E-state index contributed by atoms with van der Waals surface area (Å²) >= 11 is 0. The molecule has 1 aliphatic carbocycles. The van der Waals surface area contributed by atoms with Crippen molar-refractivity contribution in [2.75, 3.05) is 13.2 Å². The van der Waals surface area contributed by atoms with Gasteiger partial charge in [0.15, 0.2) is 0 Å². The summed E-state index contributed by atoms with van der Waals surface area (Å²) in [4.78, 5) is 11.2. The van der Waals surface area contributed by atoms with Crippen LogP contribution in [-0.4, -0.2) is 73.6 Å². The molecule has 272 valence electrons. The third-order valence-corrected chi connectivity index (χ3v) is 9.80. The fourth-order valence-electron chi connectivity index (χ4n) is 7.07. The van der Waals surface area contributed by atoms with Gasteiger partial charge in [0.1, 0.15) is 5.75 Å². The van der Waals surface area contributed by atoms with Gasteiger partial charge >= 0.3 is 5.97 Å². The highest BCUT2D eigenvalue weighted by Crippen LogP contribution is 2.34. The Morgan fingerprint density at radius 1 is 0.980 bits per heavy atom. The summed E-state index contributed by atoms with van der Waals surface area (Å²) < 4.78 is 0. The van der Waals surface area contributed by atoms with Crippen LogP contribution in [-0.2, 0) is 24.1 Å². The second kappa shape index (κ2) is 21.3. The first kappa shape index (κ1) is 40.4. The van der Waals surface area contributed by atoms with E-state index in [2.05, 4.69) is 36.5 Å². The number of aliphatic carboxylic acids is 1. The molecule has 0 radical (unpaired) electrons. The Balaban J connectivity index is 2.06. The molecular weight excluding hydrogens is 618 g/mol. The van der Waals surface area contributed by atoms with Crippen LogP contribution >= 0.6 is 0 Å². The third-order valence-electron chi connectivity index (χ3n) is 9.80. The standard InChI is InChI=1S/C41H61NO7/c1-3-4-6-14-35(44)25-22-33-20-18-31-11-9-10-12-32(31)19-21-34(13-7-5-8-15-39(47)48)40(38(33)26-37(46)28-43)42-29-41(2,49)27-30-16-23-36(45)24-17-30/h9-12,16-17,22-25,34-35,37,40,42-46,49H,3-8,13-15,18-21,26-29H2,1-2H3,(H,47,48). The van der Waals surface area contributed by atoms with Gasteiger partial charge in [0.25, 0.3) is 0 Å². The van der Waals surface area contributed by atoms with Crippen molar-refractivity contribution < 1.29 is 35.4 Å². The van der Waals surface area contributed by atoms with E-state index in [4.69, 9.17) is 0 Å². The Morgan fingerprint density at radius 3 is 2.37 bits per heavy atom. The molecular formula is C41H61NO7. The number of benzene rings is 2. The van der Waals surface area contributed by atoms with Crippen LogP contribution in [0.15, 0.2) is 71.8 Å². The van der Waals surface area contributed by atoms with Gasteiger partial charge in [0, 0.05) is 25.4 Å². The molecule has 49 heavy (non-hydrogen) atoms. The molecule has 5 unspecified atom stereocenters. The van der Waals surface area contributed by atoms with E-state index in [0.717, 1.165) is 74.5 Å². The maximum Gasteiger partial charge on any atom is 0.303 e. The van der Waals surface area contributed by atoms with Crippen molar-refractivity contribution in [3.05, 3.63) is 88.5 Å². The maximum atomic E-state index is 11.6. The number of hydrogen-bond donors (Lipinski definition) is 7. The Labute approximate surface area is 293 Å². The second-order valence-electron chi connectivity index (χ2n) is 14.3. The molecule has 0 fully saturated rings. The number of aromatic hydroxyl groups is 1. The number of phenols is 1. The van der Waals surface area contributed by atoms with E-state index in [-0.39, 0.29) is 43.7 Å². The number of fused-ring (bicyclic) bond motifs is 1. The van der Waals surface area contributed by atoms with Gasteiger partial charge in [-0.15, -0.1) is 0 Å². The summed E-state index contributed by atoms with van der Waals surface area (Å²) in [6.45, 7) is 3.82. The van der Waals surface area contributed by atoms with E-state index in [1.54, 1.807) is 19.1 Å². The molecule has 0 saturated heterocycles. The van der Waals surface area contributed by atoms with Crippen molar-refractivity contribution in [2.45, 2.75) is 134 Å². The number of allylic oxidation sites excluding steroid dienone is 2. The number of carbonyl (C=O) groups is 1. The number of aliphatic hydroxyl groups is 4. The summed E-state index contributed by atoms with van der Waals surface area (Å²) in [5.41, 5.74) is 4.35. The quantitative estimate of drug-likeness (QED) is 0.0794. The molecule has 2 aromatic carbocycles. The molecule has 0 bridgehead atoms. The summed E-state index contributed by atoms with van der Waals surface area (Å²) in [5, 5.41) is 66.2. The van der Waals surface area contributed by atoms with Gasteiger partial charge in [-0.1, -0.05) is 87.6 Å². The normalized spacial score (nSPS) is 19.7.